The van der Waals surface area contributed by atoms with Crippen molar-refractivity contribution in [2.75, 3.05) is 0 Å². The summed E-state index contributed by atoms with van der Waals surface area (Å²) >= 11 is 0. The maximum absolute atomic E-state index is 12.0. The van der Waals surface area contributed by atoms with Crippen molar-refractivity contribution in [1.82, 2.24) is 0 Å². The smallest absolute Gasteiger partial charge is 0.338 e. The van der Waals surface area contributed by atoms with Gasteiger partial charge in [0.25, 0.3) is 0 Å². The number of carbonyl (C=O) groups is 2. The topological polar surface area (TPSA) is 72.8 Å². The molecule has 0 bridgehead atoms. The van der Waals surface area contributed by atoms with E-state index < -0.39 is 11.9 Å². The number of rotatable bonds is 7. The van der Waals surface area contributed by atoms with Crippen molar-refractivity contribution in [3.63, 3.8) is 0 Å². The zero-order valence-corrected chi connectivity index (χ0v) is 13.3. The average molecular weight is 326 g/mol. The van der Waals surface area contributed by atoms with Gasteiger partial charge in [0.1, 0.15) is 13.2 Å². The van der Waals surface area contributed by atoms with Crippen LogP contribution in [0, 0.1) is 0 Å². The van der Waals surface area contributed by atoms with Crippen molar-refractivity contribution in [1.29, 1.82) is 0 Å². The van der Waals surface area contributed by atoms with Gasteiger partial charge in [0, 0.05) is 0 Å². The Bertz CT molecular complexity index is 729. The van der Waals surface area contributed by atoms with Gasteiger partial charge in [0.05, 0.1) is 16.9 Å². The molecule has 0 aliphatic heterocycles. The molecule has 0 saturated carbocycles. The number of allylic oxidation sites excluding steroid dienone is 1. The Morgan fingerprint density at radius 1 is 0.875 bits per heavy atom. The van der Waals surface area contributed by atoms with Crippen LogP contribution in [0.3, 0.4) is 0 Å². The maximum Gasteiger partial charge on any atom is 0.338 e. The number of esters is 1. The second-order valence-electron chi connectivity index (χ2n) is 5.27. The monoisotopic (exact) mass is 326 g/mol. The summed E-state index contributed by atoms with van der Waals surface area (Å²) in [4.78, 5) is 22.8. The molecule has 1 N–H and O–H groups in total. The van der Waals surface area contributed by atoms with Crippen LogP contribution < -0.4 is 0 Å². The van der Waals surface area contributed by atoms with E-state index in [-0.39, 0.29) is 12.2 Å². The molecule has 0 spiro atoms. The summed E-state index contributed by atoms with van der Waals surface area (Å²) in [5, 5.41) is 8.83. The molecule has 0 aliphatic carbocycles. The number of carboxylic acids is 1. The number of carboxylic acid groups (broad SMARTS) is 1. The van der Waals surface area contributed by atoms with Crippen molar-refractivity contribution in [2.24, 2.45) is 0 Å². The molecule has 2 rings (SSSR count). The Balaban J connectivity index is 1.90. The van der Waals surface area contributed by atoms with Gasteiger partial charge in [0.2, 0.25) is 0 Å². The van der Waals surface area contributed by atoms with Crippen molar-refractivity contribution < 1.29 is 24.2 Å². The van der Waals surface area contributed by atoms with Crippen LogP contribution in [-0.4, -0.2) is 17.0 Å². The lowest BCUT2D eigenvalue weighted by molar-refractivity contribution is 0.0472. The van der Waals surface area contributed by atoms with Crippen LogP contribution in [0.5, 0.6) is 0 Å². The minimum absolute atomic E-state index is 0.0826. The third-order valence-electron chi connectivity index (χ3n) is 3.25. The van der Waals surface area contributed by atoms with Gasteiger partial charge in [-0.1, -0.05) is 30.8 Å². The van der Waals surface area contributed by atoms with Crippen LogP contribution >= 0.6 is 0 Å². The Hall–Kier alpha value is -3.08. The Labute approximate surface area is 140 Å². The van der Waals surface area contributed by atoms with Gasteiger partial charge >= 0.3 is 11.9 Å². The summed E-state index contributed by atoms with van der Waals surface area (Å²) in [7, 11) is 0. The van der Waals surface area contributed by atoms with E-state index in [0.29, 0.717) is 17.9 Å². The zero-order valence-electron chi connectivity index (χ0n) is 13.3. The van der Waals surface area contributed by atoms with Crippen molar-refractivity contribution in [3.05, 3.63) is 83.1 Å². The number of benzene rings is 2. The average Bonchev–Trinajstić information content (AvgIpc) is 2.58. The van der Waals surface area contributed by atoms with E-state index in [4.69, 9.17) is 14.6 Å². The summed E-state index contributed by atoms with van der Waals surface area (Å²) in [6.07, 6.45) is 0. The van der Waals surface area contributed by atoms with Gasteiger partial charge in [-0.15, -0.1) is 0 Å². The van der Waals surface area contributed by atoms with Gasteiger partial charge < -0.3 is 14.6 Å². The molecule has 124 valence electrons. The molecule has 0 aliphatic rings. The molecule has 0 unspecified atom stereocenters. The highest BCUT2D eigenvalue weighted by molar-refractivity contribution is 5.89. The fraction of sp³-hybridized carbons (Fsp3) is 0.158. The fourth-order valence-corrected chi connectivity index (χ4v) is 1.92. The van der Waals surface area contributed by atoms with E-state index in [1.54, 1.807) is 43.3 Å². The predicted molar refractivity (Wildman–Crippen MR) is 88.6 cm³/mol. The zero-order chi connectivity index (χ0) is 17.5. The minimum Gasteiger partial charge on any atom is -0.494 e. The molecule has 24 heavy (non-hydrogen) atoms. The van der Waals surface area contributed by atoms with E-state index >= 15 is 0 Å². The highest BCUT2D eigenvalue weighted by Crippen LogP contribution is 2.11. The van der Waals surface area contributed by atoms with Crippen LogP contribution in [-0.2, 0) is 22.7 Å². The first-order chi connectivity index (χ1) is 11.5. The molecule has 5 nitrogen and oxygen atoms in total. The Morgan fingerprint density at radius 3 is 1.79 bits per heavy atom. The van der Waals surface area contributed by atoms with Gasteiger partial charge in [0.15, 0.2) is 0 Å². The van der Waals surface area contributed by atoms with E-state index in [9.17, 15) is 9.59 Å². The molecule has 0 heterocycles. The molecule has 2 aromatic carbocycles. The number of carbonyl (C=O) groups excluding carboxylic acids is 1. The van der Waals surface area contributed by atoms with Crippen molar-refractivity contribution >= 4 is 11.9 Å². The second kappa shape index (κ2) is 7.97. The first kappa shape index (κ1) is 17.3. The molecule has 2 aromatic rings. The summed E-state index contributed by atoms with van der Waals surface area (Å²) < 4.78 is 10.5. The molecule has 0 radical (unpaired) electrons. The third-order valence-corrected chi connectivity index (χ3v) is 3.25. The Morgan fingerprint density at radius 2 is 1.33 bits per heavy atom. The van der Waals surface area contributed by atoms with Gasteiger partial charge in [-0.2, -0.15) is 0 Å². The van der Waals surface area contributed by atoms with Crippen molar-refractivity contribution in [3.8, 4) is 0 Å². The standard InChI is InChI=1S/C19H18O5/c1-13(2)23-11-14-5-9-17(10-6-14)19(22)24-12-15-3-7-16(8-4-15)18(20)21/h3-10H,1,11-12H2,2H3,(H,20,21). The normalized spacial score (nSPS) is 10.0. The van der Waals surface area contributed by atoms with Crippen molar-refractivity contribution in [2.45, 2.75) is 20.1 Å². The molecular formula is C19H18O5. The SMILES string of the molecule is C=C(C)OCc1ccc(C(=O)OCc2ccc(C(=O)O)cc2)cc1. The lowest BCUT2D eigenvalue weighted by atomic mass is 10.1. The first-order valence-electron chi connectivity index (χ1n) is 7.32. The maximum atomic E-state index is 12.0. The lowest BCUT2D eigenvalue weighted by Crippen LogP contribution is -2.06. The summed E-state index contributed by atoms with van der Waals surface area (Å²) in [5.74, 6) is -0.800. The van der Waals surface area contributed by atoms with Gasteiger partial charge in [-0.3, -0.25) is 0 Å². The molecule has 0 saturated heterocycles. The molecule has 0 aromatic heterocycles. The Kier molecular flexibility index (Phi) is 5.73. The molecule has 5 heteroatoms. The third kappa shape index (κ3) is 4.98. The van der Waals surface area contributed by atoms with Gasteiger partial charge in [-0.05, 0) is 42.3 Å². The molecule has 0 amide bonds. The van der Waals surface area contributed by atoms with E-state index in [1.165, 1.54) is 12.1 Å². The number of aromatic carboxylic acids is 1. The second-order valence-corrected chi connectivity index (χ2v) is 5.27. The van der Waals surface area contributed by atoms with Crippen LogP contribution in [0.15, 0.2) is 60.9 Å². The quantitative estimate of drug-likeness (QED) is 0.619. The van der Waals surface area contributed by atoms with Crippen LogP contribution in [0.2, 0.25) is 0 Å². The summed E-state index contributed by atoms with van der Waals surface area (Å²) in [6, 6.07) is 13.1. The molecule has 0 atom stereocenters. The van der Waals surface area contributed by atoms with Crippen LogP contribution in [0.1, 0.15) is 38.8 Å². The minimum atomic E-state index is -0.991. The number of ether oxygens (including phenoxy) is 2. The fourth-order valence-electron chi connectivity index (χ4n) is 1.92. The van der Waals surface area contributed by atoms with Crippen LogP contribution in [0.4, 0.5) is 0 Å². The largest absolute Gasteiger partial charge is 0.494 e. The molecule has 0 fully saturated rings. The number of hydrogen-bond acceptors (Lipinski definition) is 4. The van der Waals surface area contributed by atoms with E-state index in [0.717, 1.165) is 11.1 Å². The number of hydrogen-bond donors (Lipinski definition) is 1. The predicted octanol–water partition coefficient (Wildman–Crippen LogP) is 3.79. The summed E-state index contributed by atoms with van der Waals surface area (Å²) in [6.45, 7) is 5.91. The first-order valence-corrected chi connectivity index (χ1v) is 7.32. The summed E-state index contributed by atoms with van der Waals surface area (Å²) in [5.41, 5.74) is 2.28. The lowest BCUT2D eigenvalue weighted by Gasteiger charge is -2.07. The molecular weight excluding hydrogens is 308 g/mol. The van der Waals surface area contributed by atoms with E-state index in [1.807, 2.05) is 0 Å². The highest BCUT2D eigenvalue weighted by Gasteiger charge is 2.08. The van der Waals surface area contributed by atoms with Crippen LogP contribution in [0.25, 0.3) is 0 Å². The highest BCUT2D eigenvalue weighted by atomic mass is 16.5. The van der Waals surface area contributed by atoms with Gasteiger partial charge in [-0.25, -0.2) is 9.59 Å². The van der Waals surface area contributed by atoms with E-state index in [2.05, 4.69) is 6.58 Å².